The largest absolute Gasteiger partial charge is 0.494 e. The molecule has 0 amide bonds. The smallest absolute Gasteiger partial charge is 0.231 e. The molecule has 27 heavy (non-hydrogen) atoms. The zero-order valence-electron chi connectivity index (χ0n) is 14.3. The Morgan fingerprint density at radius 1 is 1.33 bits per heavy atom. The quantitative estimate of drug-likeness (QED) is 0.509. The molecule has 0 radical (unpaired) electrons. The topological polar surface area (TPSA) is 73.7 Å². The van der Waals surface area contributed by atoms with Gasteiger partial charge in [-0.1, -0.05) is 11.6 Å². The molecule has 0 unspecified atom stereocenters. The minimum atomic E-state index is 0.157. The molecule has 2 aromatic carbocycles. The van der Waals surface area contributed by atoms with E-state index in [-0.39, 0.29) is 6.79 Å². The summed E-state index contributed by atoms with van der Waals surface area (Å²) in [6.45, 7) is 2.71. The van der Waals surface area contributed by atoms with E-state index in [1.165, 1.54) is 0 Å². The monoisotopic (exact) mass is 402 g/mol. The van der Waals surface area contributed by atoms with Gasteiger partial charge in [0.15, 0.2) is 17.3 Å². The first-order chi connectivity index (χ1) is 13.2. The number of ether oxygens (including phenoxy) is 3. The minimum Gasteiger partial charge on any atom is -0.494 e. The molecule has 1 N–H and O–H groups in total. The van der Waals surface area contributed by atoms with Crippen LogP contribution < -0.4 is 14.2 Å². The number of rotatable bonds is 5. The number of H-pyrrole nitrogens is 1. The predicted molar refractivity (Wildman–Crippen MR) is 105 cm³/mol. The van der Waals surface area contributed by atoms with Crippen molar-refractivity contribution in [2.45, 2.75) is 6.92 Å². The lowest BCUT2D eigenvalue weighted by atomic mass is 10.2. The predicted octanol–water partition coefficient (Wildman–Crippen LogP) is 4.27. The summed E-state index contributed by atoms with van der Waals surface area (Å²) in [5.41, 5.74) is 1.61. The third kappa shape index (κ3) is 3.54. The summed E-state index contributed by atoms with van der Waals surface area (Å²) in [6, 6.07) is 11.1. The molecule has 1 aliphatic heterocycles. The summed E-state index contributed by atoms with van der Waals surface area (Å²) in [4.78, 5) is 0. The van der Waals surface area contributed by atoms with Crippen LogP contribution in [0.1, 0.15) is 12.5 Å². The summed E-state index contributed by atoms with van der Waals surface area (Å²) < 4.78 is 18.1. The number of halogens is 1. The van der Waals surface area contributed by atoms with E-state index in [2.05, 4.69) is 15.3 Å². The first-order valence-electron chi connectivity index (χ1n) is 8.20. The van der Waals surface area contributed by atoms with Gasteiger partial charge in [0.2, 0.25) is 11.6 Å². The Morgan fingerprint density at radius 2 is 2.15 bits per heavy atom. The van der Waals surface area contributed by atoms with Crippen molar-refractivity contribution in [2.24, 2.45) is 5.10 Å². The third-order valence-electron chi connectivity index (χ3n) is 3.85. The highest BCUT2D eigenvalue weighted by atomic mass is 35.5. The van der Waals surface area contributed by atoms with Crippen LogP contribution in [0.15, 0.2) is 41.5 Å². The summed E-state index contributed by atoms with van der Waals surface area (Å²) in [6.07, 6.45) is 1.64. The normalized spacial score (nSPS) is 12.7. The fourth-order valence-electron chi connectivity index (χ4n) is 2.64. The van der Waals surface area contributed by atoms with Crippen LogP contribution in [0.4, 0.5) is 0 Å². The molecular formula is C18H15ClN4O3S. The molecule has 1 aliphatic rings. The number of hydrogen-bond acceptors (Lipinski definition) is 6. The van der Waals surface area contributed by atoms with Gasteiger partial charge >= 0.3 is 0 Å². The molecule has 138 valence electrons. The van der Waals surface area contributed by atoms with Gasteiger partial charge in [-0.05, 0) is 61.1 Å². The second-order valence-electron chi connectivity index (χ2n) is 5.60. The van der Waals surface area contributed by atoms with E-state index in [4.69, 9.17) is 38.0 Å². The number of aromatic nitrogens is 3. The van der Waals surface area contributed by atoms with Crippen LogP contribution in [0.5, 0.6) is 17.2 Å². The molecule has 4 rings (SSSR count). The Hall–Kier alpha value is -2.84. The maximum atomic E-state index is 6.21. The SMILES string of the molecule is CCOc1ccc(-c2n[nH]c(=S)n2/N=C\c2cc(Cl)c3c(c2)OCO3)cc1. The average molecular weight is 403 g/mol. The molecule has 3 aromatic rings. The van der Waals surface area contributed by atoms with E-state index < -0.39 is 0 Å². The third-order valence-corrected chi connectivity index (χ3v) is 4.39. The van der Waals surface area contributed by atoms with Crippen molar-refractivity contribution in [3.05, 3.63) is 51.8 Å². The Morgan fingerprint density at radius 3 is 2.93 bits per heavy atom. The Labute approximate surface area is 165 Å². The summed E-state index contributed by atoms with van der Waals surface area (Å²) >= 11 is 11.5. The second kappa shape index (κ2) is 7.42. The molecule has 0 saturated carbocycles. The van der Waals surface area contributed by atoms with Gasteiger partial charge in [0.1, 0.15) is 5.75 Å². The van der Waals surface area contributed by atoms with E-state index in [1.54, 1.807) is 23.0 Å². The summed E-state index contributed by atoms with van der Waals surface area (Å²) in [5, 5.41) is 11.9. The number of nitrogens with one attached hydrogen (secondary N) is 1. The molecule has 2 heterocycles. The highest BCUT2D eigenvalue weighted by Crippen LogP contribution is 2.39. The van der Waals surface area contributed by atoms with Gasteiger partial charge in [-0.15, -0.1) is 0 Å². The molecule has 1 aromatic heterocycles. The van der Waals surface area contributed by atoms with E-state index in [9.17, 15) is 0 Å². The summed E-state index contributed by atoms with van der Waals surface area (Å²) in [7, 11) is 0. The maximum absolute atomic E-state index is 6.21. The molecule has 0 spiro atoms. The van der Waals surface area contributed by atoms with Gasteiger partial charge in [-0.3, -0.25) is 0 Å². The van der Waals surface area contributed by atoms with Gasteiger partial charge in [0, 0.05) is 5.56 Å². The number of aromatic amines is 1. The fourth-order valence-corrected chi connectivity index (χ4v) is 3.09. The average Bonchev–Trinajstić information content (AvgIpc) is 3.28. The van der Waals surface area contributed by atoms with Crippen molar-refractivity contribution in [3.63, 3.8) is 0 Å². The van der Waals surface area contributed by atoms with E-state index in [1.807, 2.05) is 31.2 Å². The number of benzene rings is 2. The standard InChI is InChI=1S/C18H15ClN4O3S/c1-2-24-13-5-3-12(4-6-13)17-21-22-18(27)23(17)20-9-11-7-14(19)16-15(8-11)25-10-26-16/h3-9H,2,10H2,1H3,(H,22,27)/b20-9-. The fraction of sp³-hybridized carbons (Fsp3) is 0.167. The molecule has 7 nitrogen and oxygen atoms in total. The molecule has 9 heteroatoms. The maximum Gasteiger partial charge on any atom is 0.231 e. The van der Waals surface area contributed by atoms with Crippen LogP contribution in [-0.2, 0) is 0 Å². The van der Waals surface area contributed by atoms with Crippen LogP contribution in [0.3, 0.4) is 0 Å². The van der Waals surface area contributed by atoms with Crippen molar-refractivity contribution in [2.75, 3.05) is 13.4 Å². The van der Waals surface area contributed by atoms with Gasteiger partial charge in [-0.2, -0.15) is 14.9 Å². The van der Waals surface area contributed by atoms with E-state index >= 15 is 0 Å². The number of hydrogen-bond donors (Lipinski definition) is 1. The molecule has 0 fully saturated rings. The Bertz CT molecular complexity index is 1060. The van der Waals surface area contributed by atoms with Crippen molar-refractivity contribution in [1.29, 1.82) is 0 Å². The second-order valence-corrected chi connectivity index (χ2v) is 6.40. The Kier molecular flexibility index (Phi) is 4.83. The van der Waals surface area contributed by atoms with E-state index in [0.29, 0.717) is 33.7 Å². The molecule has 0 saturated heterocycles. The van der Waals surface area contributed by atoms with Gasteiger partial charge in [0.25, 0.3) is 0 Å². The molecule has 0 atom stereocenters. The van der Waals surface area contributed by atoms with Gasteiger partial charge in [0.05, 0.1) is 17.8 Å². The zero-order valence-corrected chi connectivity index (χ0v) is 15.9. The highest BCUT2D eigenvalue weighted by Gasteiger charge is 2.18. The van der Waals surface area contributed by atoms with Crippen LogP contribution in [0, 0.1) is 4.77 Å². The summed E-state index contributed by atoms with van der Waals surface area (Å²) in [5.74, 6) is 2.52. The number of fused-ring (bicyclic) bond motifs is 1. The Balaban J connectivity index is 1.65. The van der Waals surface area contributed by atoms with Gasteiger partial charge < -0.3 is 14.2 Å². The van der Waals surface area contributed by atoms with Crippen LogP contribution >= 0.6 is 23.8 Å². The van der Waals surface area contributed by atoms with Crippen molar-refractivity contribution in [3.8, 4) is 28.6 Å². The lowest BCUT2D eigenvalue weighted by Crippen LogP contribution is -1.96. The lowest BCUT2D eigenvalue weighted by Gasteiger charge is -2.05. The highest BCUT2D eigenvalue weighted by molar-refractivity contribution is 7.71. The molecule has 0 aliphatic carbocycles. The van der Waals surface area contributed by atoms with Gasteiger partial charge in [-0.25, -0.2) is 5.10 Å². The van der Waals surface area contributed by atoms with Crippen molar-refractivity contribution < 1.29 is 14.2 Å². The van der Waals surface area contributed by atoms with E-state index in [0.717, 1.165) is 16.9 Å². The molecular weight excluding hydrogens is 388 g/mol. The minimum absolute atomic E-state index is 0.157. The first-order valence-corrected chi connectivity index (χ1v) is 8.98. The molecule has 0 bridgehead atoms. The number of nitrogens with zero attached hydrogens (tertiary/aromatic N) is 3. The zero-order chi connectivity index (χ0) is 18.8. The first kappa shape index (κ1) is 17.6. The van der Waals surface area contributed by atoms with Crippen LogP contribution in [0.25, 0.3) is 11.4 Å². The van der Waals surface area contributed by atoms with Crippen LogP contribution in [-0.4, -0.2) is 34.5 Å². The lowest BCUT2D eigenvalue weighted by molar-refractivity contribution is 0.174. The van der Waals surface area contributed by atoms with Crippen LogP contribution in [0.2, 0.25) is 5.02 Å². The van der Waals surface area contributed by atoms with Crippen molar-refractivity contribution >= 4 is 30.0 Å². The van der Waals surface area contributed by atoms with Crippen molar-refractivity contribution in [1.82, 2.24) is 14.9 Å².